The summed E-state index contributed by atoms with van der Waals surface area (Å²) in [7, 11) is 0. The van der Waals surface area contributed by atoms with Crippen molar-refractivity contribution in [3.63, 3.8) is 0 Å². The minimum atomic E-state index is -0.762. The van der Waals surface area contributed by atoms with Crippen molar-refractivity contribution in [3.05, 3.63) is 0 Å². The van der Waals surface area contributed by atoms with Crippen molar-refractivity contribution in [2.24, 2.45) is 17.8 Å². The number of ether oxygens (including phenoxy) is 6. The van der Waals surface area contributed by atoms with E-state index < -0.39 is 36.8 Å². The van der Waals surface area contributed by atoms with E-state index in [2.05, 4.69) is 41.5 Å². The number of rotatable bonds is 24. The predicted molar refractivity (Wildman–Crippen MR) is 176 cm³/mol. The quantitative estimate of drug-likeness (QED) is 0.0577. The second-order valence-electron chi connectivity index (χ2n) is 14.0. The van der Waals surface area contributed by atoms with E-state index in [9.17, 15) is 14.4 Å². The SMILES string of the molecule is CC(C)CCCCCCOC(=O)OC1CC(OC(=O)OCCCCCCC(C)C)CC(OC(=O)OCCCCCCC(C)C)C1. The van der Waals surface area contributed by atoms with Gasteiger partial charge in [-0.1, -0.05) is 119 Å². The van der Waals surface area contributed by atoms with Crippen molar-refractivity contribution < 1.29 is 42.8 Å². The Bertz CT molecular complexity index is 662. The highest BCUT2D eigenvalue weighted by atomic mass is 16.7. The molecule has 0 heterocycles. The fourth-order valence-corrected chi connectivity index (χ4v) is 5.46. The van der Waals surface area contributed by atoms with Gasteiger partial charge in [-0.2, -0.15) is 0 Å². The molecular weight excluding hydrogens is 576 g/mol. The molecule has 0 N–H and O–H groups in total. The molecule has 0 aliphatic heterocycles. The molecule has 0 spiro atoms. The molecule has 0 aromatic rings. The Hall–Kier alpha value is -2.19. The van der Waals surface area contributed by atoms with Crippen molar-refractivity contribution >= 4 is 18.5 Å². The van der Waals surface area contributed by atoms with Gasteiger partial charge in [-0.15, -0.1) is 0 Å². The third-order valence-corrected chi connectivity index (χ3v) is 8.05. The third kappa shape index (κ3) is 24.7. The summed E-state index contributed by atoms with van der Waals surface area (Å²) in [5, 5.41) is 0. The average Bonchev–Trinajstić information content (AvgIpc) is 2.95. The minimum absolute atomic E-state index is 0.278. The van der Waals surface area contributed by atoms with Crippen LogP contribution in [0.2, 0.25) is 0 Å². The van der Waals surface area contributed by atoms with Gasteiger partial charge in [0.2, 0.25) is 0 Å². The Morgan fingerprint density at radius 1 is 0.422 bits per heavy atom. The molecule has 264 valence electrons. The van der Waals surface area contributed by atoms with Gasteiger partial charge in [-0.25, -0.2) is 14.4 Å². The molecule has 0 aromatic carbocycles. The maximum Gasteiger partial charge on any atom is 0.508 e. The molecule has 0 unspecified atom stereocenters. The van der Waals surface area contributed by atoms with E-state index in [-0.39, 0.29) is 19.3 Å². The normalized spacial score (nSPS) is 18.2. The van der Waals surface area contributed by atoms with Crippen LogP contribution in [-0.2, 0) is 28.4 Å². The van der Waals surface area contributed by atoms with Crippen LogP contribution in [0.5, 0.6) is 0 Å². The molecule has 1 saturated carbocycles. The van der Waals surface area contributed by atoms with Gasteiger partial charge in [-0.3, -0.25) is 0 Å². The molecule has 1 fully saturated rings. The van der Waals surface area contributed by atoms with Gasteiger partial charge < -0.3 is 28.4 Å². The first kappa shape index (κ1) is 40.8. The molecular formula is C36H66O9. The summed E-state index contributed by atoms with van der Waals surface area (Å²) in [5.74, 6) is 2.10. The Labute approximate surface area is 274 Å². The maximum absolute atomic E-state index is 12.4. The molecule has 1 aliphatic rings. The Kier molecular flexibility index (Phi) is 23.5. The summed E-state index contributed by atoms with van der Waals surface area (Å²) >= 11 is 0. The summed E-state index contributed by atoms with van der Waals surface area (Å²) in [6.07, 6.45) is 12.5. The summed E-state index contributed by atoms with van der Waals surface area (Å²) in [6, 6.07) is 0. The van der Waals surface area contributed by atoms with Crippen LogP contribution < -0.4 is 0 Å². The maximum atomic E-state index is 12.4. The Morgan fingerprint density at radius 2 is 0.667 bits per heavy atom. The van der Waals surface area contributed by atoms with E-state index in [1.165, 1.54) is 38.5 Å². The minimum Gasteiger partial charge on any atom is -0.434 e. The van der Waals surface area contributed by atoms with Gasteiger partial charge in [0.15, 0.2) is 0 Å². The van der Waals surface area contributed by atoms with Crippen LogP contribution in [0.15, 0.2) is 0 Å². The van der Waals surface area contributed by atoms with Crippen LogP contribution in [0.1, 0.15) is 157 Å². The fourth-order valence-electron chi connectivity index (χ4n) is 5.46. The van der Waals surface area contributed by atoms with Crippen LogP contribution in [0.4, 0.5) is 14.4 Å². The lowest BCUT2D eigenvalue weighted by atomic mass is 9.92. The first-order valence-corrected chi connectivity index (χ1v) is 18.0. The zero-order valence-electron chi connectivity index (χ0n) is 29.5. The van der Waals surface area contributed by atoms with Crippen LogP contribution in [-0.4, -0.2) is 56.6 Å². The van der Waals surface area contributed by atoms with E-state index in [0.717, 1.165) is 57.8 Å². The molecule has 1 aliphatic carbocycles. The molecule has 1 rings (SSSR count). The lowest BCUT2D eigenvalue weighted by Crippen LogP contribution is -2.40. The highest BCUT2D eigenvalue weighted by Crippen LogP contribution is 2.28. The lowest BCUT2D eigenvalue weighted by Gasteiger charge is -2.33. The van der Waals surface area contributed by atoms with Gasteiger partial charge in [0.05, 0.1) is 19.8 Å². The van der Waals surface area contributed by atoms with E-state index in [1.807, 2.05) is 0 Å². The van der Waals surface area contributed by atoms with Crippen molar-refractivity contribution in [2.45, 2.75) is 175 Å². The number of hydrogen-bond acceptors (Lipinski definition) is 9. The molecule has 0 saturated heterocycles. The molecule has 0 radical (unpaired) electrons. The largest absolute Gasteiger partial charge is 0.508 e. The van der Waals surface area contributed by atoms with E-state index >= 15 is 0 Å². The average molecular weight is 643 g/mol. The monoisotopic (exact) mass is 642 g/mol. The summed E-state index contributed by atoms with van der Waals surface area (Å²) in [6.45, 7) is 14.2. The standard InChI is InChI=1S/C36H66O9/c1-28(2)19-13-7-10-16-22-40-34(37)43-31-25-32(44-35(38)41-23-17-11-8-14-20-29(3)4)27-33(26-31)45-36(39)42-24-18-12-9-15-21-30(5)6/h28-33H,7-27H2,1-6H3. The van der Waals surface area contributed by atoms with Crippen LogP contribution in [0.3, 0.4) is 0 Å². The fraction of sp³-hybridized carbons (Fsp3) is 0.917. The zero-order valence-corrected chi connectivity index (χ0v) is 29.5. The highest BCUT2D eigenvalue weighted by molar-refractivity contribution is 5.61. The number of carbonyl (C=O) groups excluding carboxylic acids is 3. The van der Waals surface area contributed by atoms with Crippen LogP contribution in [0.25, 0.3) is 0 Å². The third-order valence-electron chi connectivity index (χ3n) is 8.05. The second kappa shape index (κ2) is 25.9. The number of unbranched alkanes of at least 4 members (excludes halogenated alkanes) is 9. The number of carbonyl (C=O) groups is 3. The first-order valence-electron chi connectivity index (χ1n) is 18.0. The Balaban J connectivity index is 2.49. The number of hydrogen-bond donors (Lipinski definition) is 0. The van der Waals surface area contributed by atoms with Crippen LogP contribution >= 0.6 is 0 Å². The van der Waals surface area contributed by atoms with Gasteiger partial charge in [0, 0.05) is 19.3 Å². The summed E-state index contributed by atoms with van der Waals surface area (Å²) < 4.78 is 32.5. The van der Waals surface area contributed by atoms with E-state index in [1.54, 1.807) is 0 Å². The highest BCUT2D eigenvalue weighted by Gasteiger charge is 2.36. The lowest BCUT2D eigenvalue weighted by molar-refractivity contribution is -0.0776. The van der Waals surface area contributed by atoms with Crippen molar-refractivity contribution in [3.8, 4) is 0 Å². The van der Waals surface area contributed by atoms with E-state index in [0.29, 0.717) is 37.6 Å². The van der Waals surface area contributed by atoms with Crippen molar-refractivity contribution in [1.29, 1.82) is 0 Å². The topological polar surface area (TPSA) is 107 Å². The molecule has 0 aromatic heterocycles. The predicted octanol–water partition coefficient (Wildman–Crippen LogP) is 10.6. The summed E-state index contributed by atoms with van der Waals surface area (Å²) in [5.41, 5.74) is 0. The second-order valence-corrected chi connectivity index (χ2v) is 14.0. The van der Waals surface area contributed by atoms with E-state index in [4.69, 9.17) is 28.4 Å². The molecule has 0 amide bonds. The van der Waals surface area contributed by atoms with Gasteiger partial charge in [-0.05, 0) is 37.0 Å². The smallest absolute Gasteiger partial charge is 0.434 e. The first-order chi connectivity index (χ1) is 21.5. The van der Waals surface area contributed by atoms with Gasteiger partial charge in [0.1, 0.15) is 18.3 Å². The molecule has 9 nitrogen and oxygen atoms in total. The van der Waals surface area contributed by atoms with Gasteiger partial charge in [0.25, 0.3) is 0 Å². The van der Waals surface area contributed by atoms with Crippen LogP contribution in [0, 0.1) is 17.8 Å². The molecule has 45 heavy (non-hydrogen) atoms. The van der Waals surface area contributed by atoms with Crippen molar-refractivity contribution in [1.82, 2.24) is 0 Å². The zero-order chi connectivity index (χ0) is 33.3. The van der Waals surface area contributed by atoms with Gasteiger partial charge >= 0.3 is 18.5 Å². The summed E-state index contributed by atoms with van der Waals surface area (Å²) in [4.78, 5) is 37.2. The Morgan fingerprint density at radius 3 is 0.911 bits per heavy atom. The molecule has 0 atom stereocenters. The molecule has 0 bridgehead atoms. The van der Waals surface area contributed by atoms with Crippen molar-refractivity contribution in [2.75, 3.05) is 19.8 Å². The molecule has 9 heteroatoms.